The molecule has 0 aliphatic carbocycles. The molecular weight excluding hydrogens is 448 g/mol. The van der Waals surface area contributed by atoms with Gasteiger partial charge in [0.25, 0.3) is 0 Å². The second-order valence-corrected chi connectivity index (χ2v) is 8.96. The number of sulfonamides is 1. The molecule has 0 fully saturated rings. The maximum atomic E-state index is 13.3. The third kappa shape index (κ3) is 6.96. The van der Waals surface area contributed by atoms with Crippen LogP contribution >= 0.6 is 11.6 Å². The van der Waals surface area contributed by atoms with Gasteiger partial charge in [0.1, 0.15) is 0 Å². The highest BCUT2D eigenvalue weighted by Crippen LogP contribution is 2.27. The Morgan fingerprint density at radius 2 is 1.77 bits per heavy atom. The molecule has 0 aliphatic heterocycles. The van der Waals surface area contributed by atoms with Gasteiger partial charge < -0.3 is 5.32 Å². The molecule has 170 valence electrons. The van der Waals surface area contributed by atoms with Crippen LogP contribution in [0.5, 0.6) is 0 Å². The molecule has 2 aromatic rings. The minimum Gasteiger partial charge on any atom is -0.354 e. The van der Waals surface area contributed by atoms with E-state index in [2.05, 4.69) is 14.9 Å². The quantitative estimate of drug-likeness (QED) is 0.523. The summed E-state index contributed by atoms with van der Waals surface area (Å²) in [5.74, 6) is -2.75. The van der Waals surface area contributed by atoms with Crippen molar-refractivity contribution in [3.8, 4) is 0 Å². The van der Waals surface area contributed by atoms with Crippen molar-refractivity contribution < 1.29 is 22.0 Å². The number of amides is 1. The molecule has 0 heterocycles. The number of halogens is 3. The van der Waals surface area contributed by atoms with Gasteiger partial charge in [-0.05, 0) is 42.9 Å². The van der Waals surface area contributed by atoms with Gasteiger partial charge in [-0.25, -0.2) is 21.9 Å². The Morgan fingerprint density at radius 3 is 2.39 bits per heavy atom. The molecule has 0 aliphatic rings. The molecule has 1 amide bonds. The zero-order chi connectivity index (χ0) is 23.0. The van der Waals surface area contributed by atoms with Crippen LogP contribution in [0.4, 0.5) is 8.78 Å². The zero-order valence-electron chi connectivity index (χ0n) is 17.4. The number of likely N-dealkylation sites (N-methyl/N-ethyl adjacent to an activating group) is 1. The maximum absolute atomic E-state index is 13.3. The summed E-state index contributed by atoms with van der Waals surface area (Å²) in [5.41, 5.74) is 0.896. The first-order chi connectivity index (χ1) is 14.7. The Kier molecular flexibility index (Phi) is 9.36. The van der Waals surface area contributed by atoms with Crippen molar-refractivity contribution in [2.45, 2.75) is 31.2 Å². The van der Waals surface area contributed by atoms with E-state index >= 15 is 0 Å². The molecule has 2 aromatic carbocycles. The SMILES string of the molecule is CCN(CC)C(CNC(=O)CCNS(=O)(=O)c1ccc(F)c(F)c1)c1ccccc1Cl. The highest BCUT2D eigenvalue weighted by Gasteiger charge is 2.21. The second-order valence-electron chi connectivity index (χ2n) is 6.79. The normalized spacial score (nSPS) is 12.7. The van der Waals surface area contributed by atoms with Crippen molar-refractivity contribution >= 4 is 27.5 Å². The molecule has 0 saturated heterocycles. The molecule has 0 spiro atoms. The van der Waals surface area contributed by atoms with Crippen molar-refractivity contribution in [1.82, 2.24) is 14.9 Å². The fourth-order valence-electron chi connectivity index (χ4n) is 3.17. The summed E-state index contributed by atoms with van der Waals surface area (Å²) >= 11 is 6.34. The lowest BCUT2D eigenvalue weighted by Crippen LogP contribution is -2.39. The number of rotatable bonds is 11. The lowest BCUT2D eigenvalue weighted by Gasteiger charge is -2.31. The number of carbonyl (C=O) groups excluding carboxylic acids is 1. The Bertz CT molecular complexity index is 1000. The van der Waals surface area contributed by atoms with E-state index in [1.165, 1.54) is 0 Å². The van der Waals surface area contributed by atoms with Crippen LogP contribution in [0, 0.1) is 11.6 Å². The predicted molar refractivity (Wildman–Crippen MR) is 116 cm³/mol. The summed E-state index contributed by atoms with van der Waals surface area (Å²) in [5, 5.41) is 3.42. The van der Waals surface area contributed by atoms with E-state index in [9.17, 15) is 22.0 Å². The minimum absolute atomic E-state index is 0.115. The first-order valence-electron chi connectivity index (χ1n) is 9.89. The molecule has 0 aromatic heterocycles. The van der Waals surface area contributed by atoms with Crippen LogP contribution in [0.15, 0.2) is 47.4 Å². The molecular formula is C21H26ClF2N3O3S. The highest BCUT2D eigenvalue weighted by atomic mass is 35.5. The van der Waals surface area contributed by atoms with E-state index in [-0.39, 0.29) is 24.9 Å². The highest BCUT2D eigenvalue weighted by molar-refractivity contribution is 7.89. The molecule has 0 radical (unpaired) electrons. The van der Waals surface area contributed by atoms with E-state index in [0.29, 0.717) is 17.6 Å². The molecule has 1 atom stereocenters. The smallest absolute Gasteiger partial charge is 0.240 e. The first-order valence-corrected chi connectivity index (χ1v) is 11.8. The van der Waals surface area contributed by atoms with E-state index in [1.807, 2.05) is 32.0 Å². The van der Waals surface area contributed by atoms with Crippen LogP contribution in [0.2, 0.25) is 5.02 Å². The van der Waals surface area contributed by atoms with Gasteiger partial charge in [-0.15, -0.1) is 0 Å². The van der Waals surface area contributed by atoms with Gasteiger partial charge in [0, 0.05) is 24.5 Å². The zero-order valence-corrected chi connectivity index (χ0v) is 18.9. The van der Waals surface area contributed by atoms with Gasteiger partial charge >= 0.3 is 0 Å². The second kappa shape index (κ2) is 11.5. The van der Waals surface area contributed by atoms with Gasteiger partial charge in [-0.1, -0.05) is 43.6 Å². The first kappa shape index (κ1) is 25.2. The summed E-state index contributed by atoms with van der Waals surface area (Å²) in [4.78, 5) is 14.0. The van der Waals surface area contributed by atoms with Crippen molar-refractivity contribution in [3.05, 3.63) is 64.7 Å². The third-order valence-electron chi connectivity index (χ3n) is 4.86. The van der Waals surface area contributed by atoms with Gasteiger partial charge in [0.2, 0.25) is 15.9 Å². The Hall–Kier alpha value is -2.07. The largest absolute Gasteiger partial charge is 0.354 e. The van der Waals surface area contributed by atoms with Crippen molar-refractivity contribution in [2.75, 3.05) is 26.2 Å². The standard InChI is InChI=1S/C21H26ClF2N3O3S/c1-3-27(4-2)20(16-7-5-6-8-17(16)22)14-25-21(28)11-12-26-31(29,30)15-9-10-18(23)19(24)13-15/h5-10,13,20,26H,3-4,11-12,14H2,1-2H3,(H,25,28). The van der Waals surface area contributed by atoms with Crippen LogP contribution < -0.4 is 10.0 Å². The summed E-state index contributed by atoms with van der Waals surface area (Å²) in [6, 6.07) is 9.57. The van der Waals surface area contributed by atoms with Crippen molar-refractivity contribution in [3.63, 3.8) is 0 Å². The van der Waals surface area contributed by atoms with Crippen LogP contribution in [0.1, 0.15) is 31.9 Å². The third-order valence-corrected chi connectivity index (χ3v) is 6.66. The Morgan fingerprint density at radius 1 is 1.10 bits per heavy atom. The average molecular weight is 474 g/mol. The van der Waals surface area contributed by atoms with Gasteiger partial charge in [0.15, 0.2) is 11.6 Å². The fourth-order valence-corrected chi connectivity index (χ4v) is 4.48. The molecule has 31 heavy (non-hydrogen) atoms. The monoisotopic (exact) mass is 473 g/mol. The predicted octanol–water partition coefficient (Wildman–Crippen LogP) is 3.49. The Labute approximate surface area is 186 Å². The van der Waals surface area contributed by atoms with Crippen molar-refractivity contribution in [1.29, 1.82) is 0 Å². The molecule has 10 heteroatoms. The number of hydrogen-bond acceptors (Lipinski definition) is 4. The number of carbonyl (C=O) groups is 1. The number of nitrogens with one attached hydrogen (secondary N) is 2. The lowest BCUT2D eigenvalue weighted by atomic mass is 10.0. The molecule has 6 nitrogen and oxygen atoms in total. The van der Waals surface area contributed by atoms with Gasteiger partial charge in [-0.2, -0.15) is 0 Å². The Balaban J connectivity index is 1.94. The number of nitrogens with zero attached hydrogens (tertiary/aromatic N) is 1. The van der Waals surface area contributed by atoms with Crippen LogP contribution in [0.25, 0.3) is 0 Å². The van der Waals surface area contributed by atoms with E-state index < -0.39 is 26.6 Å². The fraction of sp³-hybridized carbons (Fsp3) is 0.381. The van der Waals surface area contributed by atoms with E-state index in [0.717, 1.165) is 30.8 Å². The topological polar surface area (TPSA) is 78.5 Å². The van der Waals surface area contributed by atoms with E-state index in [1.54, 1.807) is 6.07 Å². The summed E-state index contributed by atoms with van der Waals surface area (Å²) < 4.78 is 52.9. The van der Waals surface area contributed by atoms with Gasteiger partial charge in [-0.3, -0.25) is 9.69 Å². The van der Waals surface area contributed by atoms with Gasteiger partial charge in [0.05, 0.1) is 10.9 Å². The molecule has 2 rings (SSSR count). The summed E-state index contributed by atoms with van der Waals surface area (Å²) in [6.07, 6.45) is -0.115. The maximum Gasteiger partial charge on any atom is 0.240 e. The molecule has 0 saturated carbocycles. The molecule has 1 unspecified atom stereocenters. The van der Waals surface area contributed by atoms with Crippen molar-refractivity contribution in [2.24, 2.45) is 0 Å². The summed E-state index contributed by atoms with van der Waals surface area (Å²) in [7, 11) is -4.06. The number of hydrogen-bond donors (Lipinski definition) is 2. The van der Waals surface area contributed by atoms with E-state index in [4.69, 9.17) is 11.6 Å². The van der Waals surface area contributed by atoms with Crippen LogP contribution in [0.3, 0.4) is 0 Å². The lowest BCUT2D eigenvalue weighted by molar-refractivity contribution is -0.121. The van der Waals surface area contributed by atoms with Crippen LogP contribution in [-0.4, -0.2) is 45.4 Å². The molecule has 2 N–H and O–H groups in total. The van der Waals surface area contributed by atoms with Crippen LogP contribution in [-0.2, 0) is 14.8 Å². The molecule has 0 bridgehead atoms. The summed E-state index contributed by atoms with van der Waals surface area (Å²) in [6.45, 7) is 5.67. The number of benzene rings is 2. The minimum atomic E-state index is -4.06. The average Bonchev–Trinajstić information content (AvgIpc) is 2.73.